The average Bonchev–Trinajstić information content (AvgIpc) is 3.25. The van der Waals surface area contributed by atoms with Crippen LogP contribution in [0.2, 0.25) is 0 Å². The molecule has 6 nitrogen and oxygen atoms in total. The van der Waals surface area contributed by atoms with E-state index in [0.29, 0.717) is 19.0 Å². The van der Waals surface area contributed by atoms with Gasteiger partial charge in [0.05, 0.1) is 6.54 Å². The van der Waals surface area contributed by atoms with E-state index < -0.39 is 17.0 Å². The second-order valence-electron chi connectivity index (χ2n) is 6.66. The van der Waals surface area contributed by atoms with Gasteiger partial charge in [-0.2, -0.15) is 5.10 Å². The number of hydrogen-bond donors (Lipinski definition) is 2. The highest BCUT2D eigenvalue weighted by Gasteiger charge is 2.39. The van der Waals surface area contributed by atoms with E-state index in [1.165, 1.54) is 24.5 Å². The number of guanidine groups is 1. The van der Waals surface area contributed by atoms with Crippen molar-refractivity contribution in [2.75, 3.05) is 13.6 Å². The maximum Gasteiger partial charge on any atom is 0.191 e. The second-order valence-corrected chi connectivity index (χ2v) is 6.66. The Balaban J connectivity index is 1.71. The first kappa shape index (κ1) is 18.3. The molecule has 8 heteroatoms. The molecule has 2 N–H and O–H groups in total. The summed E-state index contributed by atoms with van der Waals surface area (Å²) >= 11 is 0. The Morgan fingerprint density at radius 2 is 1.92 bits per heavy atom. The summed E-state index contributed by atoms with van der Waals surface area (Å²) in [6.45, 7) is 0.876. The van der Waals surface area contributed by atoms with Gasteiger partial charge in [0, 0.05) is 31.6 Å². The van der Waals surface area contributed by atoms with Gasteiger partial charge in [-0.05, 0) is 25.0 Å². The summed E-state index contributed by atoms with van der Waals surface area (Å²) in [6, 6.07) is 4.07. The van der Waals surface area contributed by atoms with E-state index in [9.17, 15) is 8.78 Å². The summed E-state index contributed by atoms with van der Waals surface area (Å²) in [4.78, 5) is 8.35. The van der Waals surface area contributed by atoms with Crippen LogP contribution in [-0.4, -0.2) is 34.3 Å². The topological polar surface area (TPSA) is 67.1 Å². The van der Waals surface area contributed by atoms with E-state index in [1.54, 1.807) is 11.7 Å². The molecule has 3 rings (SSSR count). The van der Waals surface area contributed by atoms with Crippen LogP contribution in [0.25, 0.3) is 0 Å². The predicted molar refractivity (Wildman–Crippen MR) is 95.7 cm³/mol. The molecule has 0 unspecified atom stereocenters. The van der Waals surface area contributed by atoms with Crippen molar-refractivity contribution in [1.29, 1.82) is 0 Å². The van der Waals surface area contributed by atoms with Crippen molar-refractivity contribution >= 4 is 5.96 Å². The molecule has 0 aliphatic heterocycles. The number of benzene rings is 1. The summed E-state index contributed by atoms with van der Waals surface area (Å²) in [6.07, 6.45) is 4.90. The number of hydrogen-bond acceptors (Lipinski definition) is 3. The van der Waals surface area contributed by atoms with E-state index >= 15 is 0 Å². The van der Waals surface area contributed by atoms with Crippen LogP contribution in [0.5, 0.6) is 0 Å². The van der Waals surface area contributed by atoms with Gasteiger partial charge in [0.1, 0.15) is 23.8 Å². The molecular weight excluding hydrogens is 338 g/mol. The zero-order chi connectivity index (χ0) is 18.6. The third-order valence-electron chi connectivity index (χ3n) is 5.09. The van der Waals surface area contributed by atoms with E-state index in [1.807, 2.05) is 7.05 Å². The lowest BCUT2D eigenvalue weighted by atomic mass is 9.78. The summed E-state index contributed by atoms with van der Waals surface area (Å²) in [5.74, 6) is 0.381. The van der Waals surface area contributed by atoms with Gasteiger partial charge in [0.25, 0.3) is 0 Å². The third kappa shape index (κ3) is 3.68. The molecular formula is C18H24F2N6. The van der Waals surface area contributed by atoms with Gasteiger partial charge in [0.2, 0.25) is 0 Å². The Labute approximate surface area is 151 Å². The Bertz CT molecular complexity index is 759. The van der Waals surface area contributed by atoms with Gasteiger partial charge in [0.15, 0.2) is 5.96 Å². The lowest BCUT2D eigenvalue weighted by Gasteiger charge is -2.31. The fourth-order valence-corrected chi connectivity index (χ4v) is 3.69. The highest BCUT2D eigenvalue weighted by molar-refractivity contribution is 5.79. The first-order valence-corrected chi connectivity index (χ1v) is 8.77. The van der Waals surface area contributed by atoms with Crippen LogP contribution in [0.3, 0.4) is 0 Å². The quantitative estimate of drug-likeness (QED) is 0.633. The number of nitrogens with one attached hydrogen (secondary N) is 2. The number of halogens is 2. The molecule has 0 bridgehead atoms. The smallest absolute Gasteiger partial charge is 0.191 e. The van der Waals surface area contributed by atoms with Crippen LogP contribution in [-0.2, 0) is 19.0 Å². The molecule has 2 aromatic rings. The minimum Gasteiger partial charge on any atom is -0.356 e. The van der Waals surface area contributed by atoms with Crippen LogP contribution < -0.4 is 10.6 Å². The summed E-state index contributed by atoms with van der Waals surface area (Å²) < 4.78 is 30.5. The molecule has 0 atom stereocenters. The first-order valence-electron chi connectivity index (χ1n) is 8.77. The number of rotatable bonds is 5. The number of nitrogens with zero attached hydrogens (tertiary/aromatic N) is 4. The van der Waals surface area contributed by atoms with Crippen molar-refractivity contribution in [2.24, 2.45) is 12.0 Å². The molecule has 140 valence electrons. The van der Waals surface area contributed by atoms with Gasteiger partial charge in [-0.1, -0.05) is 18.9 Å². The van der Waals surface area contributed by atoms with E-state index in [-0.39, 0.29) is 5.56 Å². The lowest BCUT2D eigenvalue weighted by Crippen LogP contribution is -2.45. The normalized spacial score (nSPS) is 16.7. The maximum atomic E-state index is 14.4. The van der Waals surface area contributed by atoms with E-state index in [0.717, 1.165) is 31.5 Å². The summed E-state index contributed by atoms with van der Waals surface area (Å²) in [7, 11) is 3.48. The van der Waals surface area contributed by atoms with Crippen molar-refractivity contribution in [3.63, 3.8) is 0 Å². The molecule has 1 aliphatic rings. The fourth-order valence-electron chi connectivity index (χ4n) is 3.69. The van der Waals surface area contributed by atoms with Gasteiger partial charge < -0.3 is 10.6 Å². The highest BCUT2D eigenvalue weighted by Crippen LogP contribution is 2.42. The van der Waals surface area contributed by atoms with Crippen LogP contribution in [0, 0.1) is 11.6 Å². The Kier molecular flexibility index (Phi) is 5.49. The zero-order valence-corrected chi connectivity index (χ0v) is 15.1. The minimum absolute atomic E-state index is 0.189. The SMILES string of the molecule is CN=C(NCc1ncnn1C)NCC1(c2c(F)cccc2F)CCCC1. The summed E-state index contributed by atoms with van der Waals surface area (Å²) in [5.41, 5.74) is -0.369. The largest absolute Gasteiger partial charge is 0.356 e. The predicted octanol–water partition coefficient (Wildman–Crippen LogP) is 2.27. The van der Waals surface area contributed by atoms with Crippen LogP contribution >= 0.6 is 0 Å². The molecule has 0 spiro atoms. The number of aryl methyl sites for hydroxylation is 1. The van der Waals surface area contributed by atoms with Crippen molar-refractivity contribution in [3.8, 4) is 0 Å². The highest BCUT2D eigenvalue weighted by atomic mass is 19.1. The van der Waals surface area contributed by atoms with Gasteiger partial charge in [-0.3, -0.25) is 9.67 Å². The molecule has 0 radical (unpaired) electrons. The zero-order valence-electron chi connectivity index (χ0n) is 15.1. The first-order chi connectivity index (χ1) is 12.6. The van der Waals surface area contributed by atoms with E-state index in [4.69, 9.17) is 0 Å². The second kappa shape index (κ2) is 7.80. The Hall–Kier alpha value is -2.51. The fraction of sp³-hybridized carbons (Fsp3) is 0.500. The van der Waals surface area contributed by atoms with Crippen molar-refractivity contribution in [2.45, 2.75) is 37.6 Å². The standard InChI is InChI=1S/C18H24F2N6/c1-21-17(22-10-15-24-12-25-26(15)2)23-11-18(8-3-4-9-18)16-13(19)6-5-7-14(16)20/h5-7,12H,3-4,8-11H2,1-2H3,(H2,21,22,23). The number of aliphatic imine (C=N–C) groups is 1. The molecule has 1 saturated carbocycles. The average molecular weight is 362 g/mol. The van der Waals surface area contributed by atoms with Crippen LogP contribution in [0.4, 0.5) is 8.78 Å². The monoisotopic (exact) mass is 362 g/mol. The van der Waals surface area contributed by atoms with Crippen LogP contribution in [0.15, 0.2) is 29.5 Å². The maximum absolute atomic E-state index is 14.4. The van der Waals surface area contributed by atoms with Crippen molar-refractivity contribution < 1.29 is 8.78 Å². The minimum atomic E-state index is -0.558. The Morgan fingerprint density at radius 3 is 2.50 bits per heavy atom. The van der Waals surface area contributed by atoms with Crippen molar-refractivity contribution in [1.82, 2.24) is 25.4 Å². The molecule has 1 aliphatic carbocycles. The third-order valence-corrected chi connectivity index (χ3v) is 5.09. The molecule has 1 aromatic heterocycles. The Morgan fingerprint density at radius 1 is 1.23 bits per heavy atom. The summed E-state index contributed by atoms with van der Waals surface area (Å²) in [5, 5.41) is 10.4. The molecule has 0 amide bonds. The number of aromatic nitrogens is 3. The van der Waals surface area contributed by atoms with Crippen LogP contribution in [0.1, 0.15) is 37.1 Å². The van der Waals surface area contributed by atoms with Crippen molar-refractivity contribution in [3.05, 3.63) is 47.5 Å². The van der Waals surface area contributed by atoms with Gasteiger partial charge >= 0.3 is 0 Å². The molecule has 1 fully saturated rings. The molecule has 1 aromatic carbocycles. The molecule has 1 heterocycles. The van der Waals surface area contributed by atoms with Gasteiger partial charge in [-0.25, -0.2) is 13.8 Å². The lowest BCUT2D eigenvalue weighted by molar-refractivity contribution is 0.386. The van der Waals surface area contributed by atoms with E-state index in [2.05, 4.69) is 25.7 Å². The van der Waals surface area contributed by atoms with Gasteiger partial charge in [-0.15, -0.1) is 0 Å². The molecule has 26 heavy (non-hydrogen) atoms. The molecule has 0 saturated heterocycles.